The van der Waals surface area contributed by atoms with E-state index < -0.39 is 0 Å². The molecule has 0 spiro atoms. The zero-order valence-corrected chi connectivity index (χ0v) is 13.9. The summed E-state index contributed by atoms with van der Waals surface area (Å²) in [5.41, 5.74) is 0.286. The van der Waals surface area contributed by atoms with E-state index in [4.69, 9.17) is 4.74 Å². The van der Waals surface area contributed by atoms with Crippen molar-refractivity contribution in [2.24, 2.45) is 0 Å². The first-order valence-electron chi connectivity index (χ1n) is 7.90. The second-order valence-corrected chi connectivity index (χ2v) is 6.88. The van der Waals surface area contributed by atoms with Crippen molar-refractivity contribution in [1.82, 2.24) is 10.2 Å². The Kier molecular flexibility index (Phi) is 6.28. The van der Waals surface area contributed by atoms with Crippen molar-refractivity contribution >= 4 is 0 Å². The zero-order valence-electron chi connectivity index (χ0n) is 13.9. The van der Waals surface area contributed by atoms with Crippen LogP contribution < -0.4 is 5.32 Å². The van der Waals surface area contributed by atoms with Gasteiger partial charge in [0.25, 0.3) is 0 Å². The molecule has 0 amide bonds. The monoisotopic (exact) mass is 270 g/mol. The highest BCUT2D eigenvalue weighted by Gasteiger charge is 2.36. The zero-order chi connectivity index (χ0) is 14.5. The largest absolute Gasteiger partial charge is 0.379 e. The van der Waals surface area contributed by atoms with Crippen LogP contribution in [0.25, 0.3) is 0 Å². The molecule has 0 aromatic rings. The molecule has 0 aromatic carbocycles. The molecule has 1 aliphatic rings. The van der Waals surface area contributed by atoms with E-state index in [0.29, 0.717) is 11.6 Å². The standard InChI is InChI=1S/C16H34N2O/c1-7-9-14-12-18(11-10-15(3,4)19-6)16(5,8-2)13-17-14/h14,17H,7-13H2,1-6H3. The van der Waals surface area contributed by atoms with Crippen molar-refractivity contribution in [2.45, 2.75) is 77.5 Å². The minimum atomic E-state index is -0.0141. The Morgan fingerprint density at radius 3 is 2.58 bits per heavy atom. The predicted molar refractivity (Wildman–Crippen MR) is 82.7 cm³/mol. The summed E-state index contributed by atoms with van der Waals surface area (Å²) in [6, 6.07) is 0.662. The lowest BCUT2D eigenvalue weighted by Gasteiger charge is -2.48. The van der Waals surface area contributed by atoms with E-state index in [2.05, 4.69) is 44.8 Å². The minimum absolute atomic E-state index is 0.0141. The van der Waals surface area contributed by atoms with Gasteiger partial charge in [-0.1, -0.05) is 20.3 Å². The second kappa shape index (κ2) is 7.05. The third kappa shape index (κ3) is 4.73. The SMILES string of the molecule is CCCC1CN(CCC(C)(C)OC)C(C)(CC)CN1. The van der Waals surface area contributed by atoms with Crippen LogP contribution in [0.1, 0.15) is 60.3 Å². The molecule has 3 heteroatoms. The van der Waals surface area contributed by atoms with Crippen LogP contribution in [0.2, 0.25) is 0 Å². The molecule has 0 aromatic heterocycles. The first-order chi connectivity index (χ1) is 8.87. The highest BCUT2D eigenvalue weighted by atomic mass is 16.5. The Balaban J connectivity index is 2.62. The van der Waals surface area contributed by atoms with E-state index in [0.717, 1.165) is 19.5 Å². The number of methoxy groups -OCH3 is 1. The maximum atomic E-state index is 5.56. The third-order valence-corrected chi connectivity index (χ3v) is 4.91. The fourth-order valence-corrected chi connectivity index (χ4v) is 2.78. The van der Waals surface area contributed by atoms with Gasteiger partial charge in [0.05, 0.1) is 5.60 Å². The lowest BCUT2D eigenvalue weighted by molar-refractivity contribution is -0.0158. The van der Waals surface area contributed by atoms with E-state index in [1.165, 1.54) is 25.8 Å². The second-order valence-electron chi connectivity index (χ2n) is 6.88. The van der Waals surface area contributed by atoms with Gasteiger partial charge in [-0.05, 0) is 40.0 Å². The molecule has 0 aliphatic carbocycles. The topological polar surface area (TPSA) is 24.5 Å². The number of hydrogen-bond acceptors (Lipinski definition) is 3. The van der Waals surface area contributed by atoms with E-state index in [1.54, 1.807) is 0 Å². The molecule has 19 heavy (non-hydrogen) atoms. The Hall–Kier alpha value is -0.120. The normalized spacial score (nSPS) is 29.7. The van der Waals surface area contributed by atoms with Gasteiger partial charge in [0.2, 0.25) is 0 Å². The molecule has 3 nitrogen and oxygen atoms in total. The van der Waals surface area contributed by atoms with Crippen molar-refractivity contribution in [1.29, 1.82) is 0 Å². The molecule has 0 bridgehead atoms. The smallest absolute Gasteiger partial charge is 0.0634 e. The Bertz CT molecular complexity index is 267. The highest BCUT2D eigenvalue weighted by Crippen LogP contribution is 2.26. The number of rotatable bonds is 7. The van der Waals surface area contributed by atoms with Crippen LogP contribution in [-0.2, 0) is 4.74 Å². The number of ether oxygens (including phenoxy) is 1. The van der Waals surface area contributed by atoms with Gasteiger partial charge < -0.3 is 10.1 Å². The molecule has 0 radical (unpaired) electrons. The maximum Gasteiger partial charge on any atom is 0.0634 e. The summed E-state index contributed by atoms with van der Waals surface area (Å²) in [7, 11) is 1.82. The Morgan fingerprint density at radius 2 is 2.05 bits per heavy atom. The van der Waals surface area contributed by atoms with Crippen LogP contribution in [0.15, 0.2) is 0 Å². The first kappa shape index (κ1) is 16.9. The summed E-state index contributed by atoms with van der Waals surface area (Å²) >= 11 is 0. The van der Waals surface area contributed by atoms with Crippen LogP contribution in [0.4, 0.5) is 0 Å². The number of hydrogen-bond donors (Lipinski definition) is 1. The van der Waals surface area contributed by atoms with Gasteiger partial charge >= 0.3 is 0 Å². The lowest BCUT2D eigenvalue weighted by atomic mass is 9.90. The third-order valence-electron chi connectivity index (χ3n) is 4.91. The number of nitrogens with one attached hydrogen (secondary N) is 1. The predicted octanol–water partition coefficient (Wildman–Crippen LogP) is 3.04. The minimum Gasteiger partial charge on any atom is -0.379 e. The number of piperazine rings is 1. The highest BCUT2D eigenvalue weighted by molar-refractivity contribution is 4.95. The van der Waals surface area contributed by atoms with Crippen LogP contribution in [0.3, 0.4) is 0 Å². The molecule has 1 fully saturated rings. The summed E-state index contributed by atoms with van der Waals surface area (Å²) in [4.78, 5) is 2.69. The molecule has 1 saturated heterocycles. The van der Waals surface area contributed by atoms with Crippen molar-refractivity contribution < 1.29 is 4.74 Å². The molecule has 1 N–H and O–H groups in total. The van der Waals surface area contributed by atoms with Crippen molar-refractivity contribution in [2.75, 3.05) is 26.7 Å². The van der Waals surface area contributed by atoms with Crippen molar-refractivity contribution in [3.63, 3.8) is 0 Å². The molecule has 1 heterocycles. The van der Waals surface area contributed by atoms with Crippen LogP contribution in [0, 0.1) is 0 Å². The molecule has 0 saturated carbocycles. The molecular weight excluding hydrogens is 236 g/mol. The van der Waals surface area contributed by atoms with Crippen molar-refractivity contribution in [3.05, 3.63) is 0 Å². The quantitative estimate of drug-likeness (QED) is 0.769. The summed E-state index contributed by atoms with van der Waals surface area (Å²) in [6.07, 6.45) is 4.84. The fourth-order valence-electron chi connectivity index (χ4n) is 2.78. The fraction of sp³-hybridized carbons (Fsp3) is 1.00. The molecule has 2 atom stereocenters. The summed E-state index contributed by atoms with van der Waals surface area (Å²) in [5, 5.41) is 3.73. The van der Waals surface area contributed by atoms with Crippen LogP contribution in [0.5, 0.6) is 0 Å². The number of nitrogens with zero attached hydrogens (tertiary/aromatic N) is 1. The molecular formula is C16H34N2O. The average molecular weight is 270 g/mol. The molecule has 1 aliphatic heterocycles. The summed E-state index contributed by atoms with van der Waals surface area (Å²) < 4.78 is 5.56. The first-order valence-corrected chi connectivity index (χ1v) is 7.90. The lowest BCUT2D eigenvalue weighted by Crippen LogP contribution is -2.63. The maximum absolute atomic E-state index is 5.56. The van der Waals surface area contributed by atoms with E-state index >= 15 is 0 Å². The van der Waals surface area contributed by atoms with Gasteiger partial charge in [-0.2, -0.15) is 0 Å². The van der Waals surface area contributed by atoms with Crippen LogP contribution >= 0.6 is 0 Å². The van der Waals surface area contributed by atoms with Gasteiger partial charge in [-0.3, -0.25) is 4.90 Å². The van der Waals surface area contributed by atoms with E-state index in [1.807, 2.05) is 7.11 Å². The molecule has 2 unspecified atom stereocenters. The van der Waals surface area contributed by atoms with Gasteiger partial charge in [0.15, 0.2) is 0 Å². The van der Waals surface area contributed by atoms with E-state index in [-0.39, 0.29) is 5.60 Å². The van der Waals surface area contributed by atoms with Gasteiger partial charge in [0.1, 0.15) is 0 Å². The van der Waals surface area contributed by atoms with Crippen molar-refractivity contribution in [3.8, 4) is 0 Å². The van der Waals surface area contributed by atoms with Crippen LogP contribution in [-0.4, -0.2) is 48.8 Å². The molecule has 114 valence electrons. The van der Waals surface area contributed by atoms with Gasteiger partial charge in [-0.25, -0.2) is 0 Å². The Labute approximate surface area is 120 Å². The molecule has 1 rings (SSSR count). The van der Waals surface area contributed by atoms with Gasteiger partial charge in [-0.15, -0.1) is 0 Å². The van der Waals surface area contributed by atoms with Gasteiger partial charge in [0, 0.05) is 38.3 Å². The summed E-state index contributed by atoms with van der Waals surface area (Å²) in [6.45, 7) is 14.8. The summed E-state index contributed by atoms with van der Waals surface area (Å²) in [5.74, 6) is 0. The average Bonchev–Trinajstić information content (AvgIpc) is 2.40. The Morgan fingerprint density at radius 1 is 1.37 bits per heavy atom. The van der Waals surface area contributed by atoms with E-state index in [9.17, 15) is 0 Å².